The first-order valence-electron chi connectivity index (χ1n) is 6.81. The van der Waals surface area contributed by atoms with Gasteiger partial charge in [0.1, 0.15) is 0 Å². The average molecular weight is 267 g/mol. The predicted molar refractivity (Wildman–Crippen MR) is 77.3 cm³/mol. The van der Waals surface area contributed by atoms with Gasteiger partial charge in [-0.25, -0.2) is 0 Å². The molecule has 2 aromatic carbocycles. The van der Waals surface area contributed by atoms with Crippen LogP contribution in [-0.2, 0) is 0 Å². The van der Waals surface area contributed by atoms with Crippen molar-refractivity contribution in [3.05, 3.63) is 71.3 Å². The lowest BCUT2D eigenvalue weighted by molar-refractivity contribution is 0.0540. The number of hydrogen-bond donors (Lipinski definition) is 1. The van der Waals surface area contributed by atoms with E-state index >= 15 is 0 Å². The van der Waals surface area contributed by atoms with Crippen LogP contribution < -0.4 is 0 Å². The molecule has 2 aromatic rings. The van der Waals surface area contributed by atoms with E-state index in [9.17, 15) is 9.90 Å². The van der Waals surface area contributed by atoms with Crippen molar-refractivity contribution in [2.24, 2.45) is 0 Å². The first-order valence-corrected chi connectivity index (χ1v) is 6.81. The number of carbonyl (C=O) groups is 1. The van der Waals surface area contributed by atoms with Gasteiger partial charge in [-0.05, 0) is 24.1 Å². The van der Waals surface area contributed by atoms with Gasteiger partial charge in [0.05, 0.1) is 18.7 Å². The van der Waals surface area contributed by atoms with Crippen LogP contribution in [0.4, 0.5) is 0 Å². The van der Waals surface area contributed by atoms with Crippen molar-refractivity contribution in [2.75, 3.05) is 6.61 Å². The zero-order chi connectivity index (χ0) is 14.1. The lowest BCUT2D eigenvalue weighted by atomic mass is 10.0. The highest BCUT2D eigenvalue weighted by molar-refractivity contribution is 5.99. The lowest BCUT2D eigenvalue weighted by Gasteiger charge is -2.31. The second-order valence-electron chi connectivity index (χ2n) is 5.08. The van der Waals surface area contributed by atoms with Crippen LogP contribution in [0.3, 0.4) is 0 Å². The van der Waals surface area contributed by atoms with Gasteiger partial charge in [0, 0.05) is 5.56 Å². The maximum atomic E-state index is 12.6. The molecule has 1 N–H and O–H groups in total. The number of aliphatic hydroxyl groups is 1. The van der Waals surface area contributed by atoms with Gasteiger partial charge in [-0.3, -0.25) is 4.79 Å². The number of rotatable bonds is 3. The molecule has 2 atom stereocenters. The topological polar surface area (TPSA) is 40.5 Å². The minimum Gasteiger partial charge on any atom is -0.394 e. The Labute approximate surface area is 118 Å². The van der Waals surface area contributed by atoms with E-state index in [2.05, 4.69) is 0 Å². The lowest BCUT2D eigenvalue weighted by Crippen LogP contribution is -2.33. The van der Waals surface area contributed by atoms with Crippen LogP contribution in [0.2, 0.25) is 0 Å². The van der Waals surface area contributed by atoms with E-state index in [1.165, 1.54) is 0 Å². The molecule has 1 amide bonds. The summed E-state index contributed by atoms with van der Waals surface area (Å²) < 4.78 is 0. The second kappa shape index (κ2) is 5.10. The summed E-state index contributed by atoms with van der Waals surface area (Å²) in [6, 6.07) is 17.0. The Bertz CT molecular complexity index is 624. The molecule has 3 rings (SSSR count). The first-order chi connectivity index (χ1) is 9.74. The number of aliphatic hydroxyl groups excluding tert-OH is 1. The van der Waals surface area contributed by atoms with E-state index < -0.39 is 0 Å². The van der Waals surface area contributed by atoms with E-state index in [1.807, 2.05) is 61.5 Å². The summed E-state index contributed by atoms with van der Waals surface area (Å²) in [5, 5.41) is 9.76. The summed E-state index contributed by atoms with van der Waals surface area (Å²) in [4.78, 5) is 14.4. The van der Waals surface area contributed by atoms with Crippen LogP contribution in [0, 0.1) is 0 Å². The molecule has 3 nitrogen and oxygen atoms in total. The standard InChI is InChI=1S/C17H17NO2/c1-12-14-9-5-6-10-15(14)17(20)18(12)16(11-19)13-7-3-2-4-8-13/h2-10,12,16,19H,11H2,1H3/t12-,16-/m0/s1. The molecule has 0 fully saturated rings. The Morgan fingerprint density at radius 1 is 1.10 bits per heavy atom. The van der Waals surface area contributed by atoms with Crippen molar-refractivity contribution < 1.29 is 9.90 Å². The van der Waals surface area contributed by atoms with Crippen LogP contribution in [0.15, 0.2) is 54.6 Å². The third kappa shape index (κ3) is 1.91. The Morgan fingerprint density at radius 2 is 1.75 bits per heavy atom. The van der Waals surface area contributed by atoms with Gasteiger partial charge in [0.15, 0.2) is 0 Å². The van der Waals surface area contributed by atoms with Gasteiger partial charge in [-0.15, -0.1) is 0 Å². The molecular formula is C17H17NO2. The summed E-state index contributed by atoms with van der Waals surface area (Å²) in [7, 11) is 0. The third-order valence-electron chi connectivity index (χ3n) is 3.99. The van der Waals surface area contributed by atoms with Crippen molar-refractivity contribution in [1.29, 1.82) is 0 Å². The number of benzene rings is 2. The van der Waals surface area contributed by atoms with Crippen molar-refractivity contribution in [1.82, 2.24) is 4.90 Å². The van der Waals surface area contributed by atoms with Gasteiger partial charge in [-0.2, -0.15) is 0 Å². The normalized spacial score (nSPS) is 19.0. The molecule has 0 aliphatic carbocycles. The van der Waals surface area contributed by atoms with Crippen molar-refractivity contribution in [3.8, 4) is 0 Å². The van der Waals surface area contributed by atoms with E-state index in [1.54, 1.807) is 4.90 Å². The molecule has 20 heavy (non-hydrogen) atoms. The van der Waals surface area contributed by atoms with Gasteiger partial charge in [0.2, 0.25) is 0 Å². The number of nitrogens with zero attached hydrogens (tertiary/aromatic N) is 1. The van der Waals surface area contributed by atoms with Gasteiger partial charge < -0.3 is 10.0 Å². The average Bonchev–Trinajstić information content (AvgIpc) is 2.75. The molecule has 0 bridgehead atoms. The summed E-state index contributed by atoms with van der Waals surface area (Å²) in [5.41, 5.74) is 2.74. The maximum absolute atomic E-state index is 12.6. The van der Waals surface area contributed by atoms with Gasteiger partial charge in [0.25, 0.3) is 5.91 Å². The summed E-state index contributed by atoms with van der Waals surface area (Å²) >= 11 is 0. The molecule has 1 aliphatic rings. The van der Waals surface area contributed by atoms with Crippen LogP contribution in [0.1, 0.15) is 40.5 Å². The molecule has 0 saturated heterocycles. The Morgan fingerprint density at radius 3 is 2.40 bits per heavy atom. The van der Waals surface area contributed by atoms with E-state index in [0.29, 0.717) is 0 Å². The molecule has 1 aliphatic heterocycles. The minimum atomic E-state index is -0.300. The number of hydrogen-bond acceptors (Lipinski definition) is 2. The zero-order valence-corrected chi connectivity index (χ0v) is 11.4. The van der Waals surface area contributed by atoms with E-state index in [-0.39, 0.29) is 24.6 Å². The van der Waals surface area contributed by atoms with E-state index in [0.717, 1.165) is 16.7 Å². The van der Waals surface area contributed by atoms with Crippen LogP contribution in [-0.4, -0.2) is 22.5 Å². The maximum Gasteiger partial charge on any atom is 0.255 e. The highest BCUT2D eigenvalue weighted by atomic mass is 16.3. The highest BCUT2D eigenvalue weighted by Gasteiger charge is 2.38. The smallest absolute Gasteiger partial charge is 0.255 e. The number of amides is 1. The predicted octanol–water partition coefficient (Wildman–Crippen LogP) is 2.94. The quantitative estimate of drug-likeness (QED) is 0.928. The molecule has 0 aromatic heterocycles. The number of fused-ring (bicyclic) bond motifs is 1. The molecule has 0 radical (unpaired) electrons. The summed E-state index contributed by atoms with van der Waals surface area (Å²) in [5.74, 6) is -0.00370. The fourth-order valence-corrected chi connectivity index (χ4v) is 2.96. The molecule has 0 saturated carbocycles. The second-order valence-corrected chi connectivity index (χ2v) is 5.08. The van der Waals surface area contributed by atoms with Gasteiger partial charge >= 0.3 is 0 Å². The fraction of sp³-hybridized carbons (Fsp3) is 0.235. The largest absolute Gasteiger partial charge is 0.394 e. The monoisotopic (exact) mass is 267 g/mol. The molecule has 1 heterocycles. The summed E-state index contributed by atoms with van der Waals surface area (Å²) in [6.45, 7) is 1.93. The number of carbonyl (C=O) groups excluding carboxylic acids is 1. The molecular weight excluding hydrogens is 250 g/mol. The zero-order valence-electron chi connectivity index (χ0n) is 11.4. The van der Waals surface area contributed by atoms with Crippen molar-refractivity contribution >= 4 is 5.91 Å². The molecule has 102 valence electrons. The molecule has 0 unspecified atom stereocenters. The molecule has 3 heteroatoms. The fourth-order valence-electron chi connectivity index (χ4n) is 2.96. The minimum absolute atomic E-state index is 0.00370. The van der Waals surface area contributed by atoms with Crippen LogP contribution >= 0.6 is 0 Å². The Hall–Kier alpha value is -2.13. The van der Waals surface area contributed by atoms with Gasteiger partial charge in [-0.1, -0.05) is 48.5 Å². The third-order valence-corrected chi connectivity index (χ3v) is 3.99. The Balaban J connectivity index is 2.01. The molecule has 0 spiro atoms. The SMILES string of the molecule is C[C@H]1c2ccccc2C(=O)N1[C@@H](CO)c1ccccc1. The van der Waals surface area contributed by atoms with Crippen molar-refractivity contribution in [2.45, 2.75) is 19.0 Å². The summed E-state index contributed by atoms with van der Waals surface area (Å²) in [6.07, 6.45) is 0. The van der Waals surface area contributed by atoms with Crippen LogP contribution in [0.25, 0.3) is 0 Å². The van der Waals surface area contributed by atoms with Crippen molar-refractivity contribution in [3.63, 3.8) is 0 Å². The Kier molecular flexibility index (Phi) is 3.28. The van der Waals surface area contributed by atoms with Crippen LogP contribution in [0.5, 0.6) is 0 Å². The van der Waals surface area contributed by atoms with E-state index in [4.69, 9.17) is 0 Å². The highest BCUT2D eigenvalue weighted by Crippen LogP contribution is 2.39. The first kappa shape index (κ1) is 12.9.